The minimum absolute atomic E-state index is 0.333. The van der Waals surface area contributed by atoms with Crippen molar-refractivity contribution >= 4 is 17.8 Å². The summed E-state index contributed by atoms with van der Waals surface area (Å²) in [6.45, 7) is 9.29. The first-order valence-corrected chi connectivity index (χ1v) is 9.31. The van der Waals surface area contributed by atoms with Crippen molar-refractivity contribution in [3.05, 3.63) is 40.5 Å². The average Bonchev–Trinajstić information content (AvgIpc) is 2.64. The molecular formula is C21H28N2O5. The normalized spacial score (nSPS) is 20.3. The maximum absolute atomic E-state index is 12.5. The first-order valence-electron chi connectivity index (χ1n) is 9.31. The number of benzene rings is 1. The van der Waals surface area contributed by atoms with Gasteiger partial charge in [-0.3, -0.25) is 25.2 Å². The third-order valence-corrected chi connectivity index (χ3v) is 5.39. The Kier molecular flexibility index (Phi) is 6.83. The number of carbonyl (C=O) groups excluding carboxylic acids is 2. The van der Waals surface area contributed by atoms with E-state index >= 15 is 0 Å². The van der Waals surface area contributed by atoms with Crippen molar-refractivity contribution in [1.82, 2.24) is 10.9 Å². The molecule has 0 radical (unpaired) electrons. The standard InChI is InChI=1S/C21H28N2O5/c1-11-6-7-16(8-12(11)2)28-15(5)19(24)22-23-20(25)17-9-13(3)14(4)10-18(17)21(26)27/h6-8,15,17-18H,9-10H2,1-5H3,(H,22,24)(H,23,25)(H,26,27)/t15-,17+,18-/m0/s1. The maximum atomic E-state index is 12.5. The van der Waals surface area contributed by atoms with E-state index in [1.165, 1.54) is 0 Å². The Morgan fingerprint density at radius 1 is 1.00 bits per heavy atom. The summed E-state index contributed by atoms with van der Waals surface area (Å²) in [5.74, 6) is -3.00. The van der Waals surface area contributed by atoms with E-state index in [9.17, 15) is 19.5 Å². The number of hydrogen-bond acceptors (Lipinski definition) is 4. The highest BCUT2D eigenvalue weighted by atomic mass is 16.5. The van der Waals surface area contributed by atoms with E-state index in [1.807, 2.05) is 39.8 Å². The van der Waals surface area contributed by atoms with Crippen molar-refractivity contribution in [2.75, 3.05) is 0 Å². The number of aryl methyl sites for hydroxylation is 2. The van der Waals surface area contributed by atoms with E-state index in [1.54, 1.807) is 13.0 Å². The lowest BCUT2D eigenvalue weighted by Gasteiger charge is -2.29. The van der Waals surface area contributed by atoms with E-state index in [4.69, 9.17) is 4.74 Å². The minimum Gasteiger partial charge on any atom is -0.481 e. The fourth-order valence-electron chi connectivity index (χ4n) is 3.19. The molecule has 2 rings (SSSR count). The van der Waals surface area contributed by atoms with Gasteiger partial charge in [-0.2, -0.15) is 0 Å². The van der Waals surface area contributed by atoms with E-state index in [-0.39, 0.29) is 0 Å². The van der Waals surface area contributed by atoms with Crippen LogP contribution in [0.5, 0.6) is 5.75 Å². The molecule has 7 nitrogen and oxygen atoms in total. The third-order valence-electron chi connectivity index (χ3n) is 5.39. The minimum atomic E-state index is -1.01. The molecule has 1 aromatic carbocycles. The Labute approximate surface area is 165 Å². The highest BCUT2D eigenvalue weighted by Crippen LogP contribution is 2.34. The van der Waals surface area contributed by atoms with Crippen molar-refractivity contribution in [2.24, 2.45) is 11.8 Å². The largest absolute Gasteiger partial charge is 0.481 e. The first kappa shape index (κ1) is 21.5. The molecule has 28 heavy (non-hydrogen) atoms. The summed E-state index contributed by atoms with van der Waals surface area (Å²) in [6.07, 6.45) is -0.133. The Morgan fingerprint density at radius 3 is 2.18 bits per heavy atom. The number of aliphatic carboxylic acids is 1. The van der Waals surface area contributed by atoms with Gasteiger partial charge in [-0.1, -0.05) is 17.2 Å². The zero-order chi connectivity index (χ0) is 21.0. The Bertz CT molecular complexity index is 815. The zero-order valence-corrected chi connectivity index (χ0v) is 17.0. The number of carbonyl (C=O) groups is 3. The van der Waals surface area contributed by atoms with Crippen LogP contribution in [0.3, 0.4) is 0 Å². The predicted molar refractivity (Wildman–Crippen MR) is 105 cm³/mol. The highest BCUT2D eigenvalue weighted by Gasteiger charge is 2.37. The first-order chi connectivity index (χ1) is 13.1. The molecule has 1 aliphatic carbocycles. The van der Waals surface area contributed by atoms with E-state index in [0.29, 0.717) is 18.6 Å². The number of amides is 2. The molecule has 3 atom stereocenters. The molecule has 0 fully saturated rings. The smallest absolute Gasteiger partial charge is 0.307 e. The molecule has 1 aromatic rings. The maximum Gasteiger partial charge on any atom is 0.307 e. The van der Waals surface area contributed by atoms with Crippen LogP contribution < -0.4 is 15.6 Å². The summed E-state index contributed by atoms with van der Waals surface area (Å²) in [5, 5.41) is 9.42. The zero-order valence-electron chi connectivity index (χ0n) is 17.0. The molecule has 0 heterocycles. The summed E-state index contributed by atoms with van der Waals surface area (Å²) >= 11 is 0. The number of hydrazine groups is 1. The Balaban J connectivity index is 1.94. The second-order valence-electron chi connectivity index (χ2n) is 7.50. The highest BCUT2D eigenvalue weighted by molar-refractivity contribution is 5.88. The molecule has 0 unspecified atom stereocenters. The number of nitrogens with one attached hydrogen (secondary N) is 2. The van der Waals surface area contributed by atoms with Gasteiger partial charge in [-0.05, 0) is 70.7 Å². The monoisotopic (exact) mass is 388 g/mol. The molecule has 2 amide bonds. The molecule has 3 N–H and O–H groups in total. The van der Waals surface area contributed by atoms with Crippen LogP contribution in [0, 0.1) is 25.7 Å². The van der Waals surface area contributed by atoms with Gasteiger partial charge in [0.2, 0.25) is 5.91 Å². The van der Waals surface area contributed by atoms with Gasteiger partial charge in [0.1, 0.15) is 5.75 Å². The van der Waals surface area contributed by atoms with Gasteiger partial charge < -0.3 is 9.84 Å². The molecular weight excluding hydrogens is 360 g/mol. The third kappa shape index (κ3) is 5.12. The number of hydrogen-bond donors (Lipinski definition) is 3. The van der Waals surface area contributed by atoms with Gasteiger partial charge in [0.05, 0.1) is 11.8 Å². The van der Waals surface area contributed by atoms with Crippen LogP contribution in [0.1, 0.15) is 44.7 Å². The second kappa shape index (κ2) is 8.91. The van der Waals surface area contributed by atoms with Gasteiger partial charge in [-0.25, -0.2) is 0 Å². The SMILES string of the molecule is CC1=C(C)C[C@@H](C(=O)NNC(=O)[C@H](C)Oc2ccc(C)c(C)c2)[C@@H](C(=O)O)C1. The number of carboxylic acid groups (broad SMARTS) is 1. The van der Waals surface area contributed by atoms with Crippen molar-refractivity contribution in [2.45, 2.75) is 53.6 Å². The molecule has 152 valence electrons. The summed E-state index contributed by atoms with van der Waals surface area (Å²) in [6, 6.07) is 5.53. The quantitative estimate of drug-likeness (QED) is 0.531. The lowest BCUT2D eigenvalue weighted by molar-refractivity contribution is -0.148. The molecule has 0 aliphatic heterocycles. The molecule has 0 saturated heterocycles. The van der Waals surface area contributed by atoms with E-state index in [0.717, 1.165) is 22.3 Å². The van der Waals surface area contributed by atoms with Crippen LogP contribution in [-0.2, 0) is 14.4 Å². The second-order valence-corrected chi connectivity index (χ2v) is 7.50. The van der Waals surface area contributed by atoms with Gasteiger partial charge >= 0.3 is 5.97 Å². The number of allylic oxidation sites excluding steroid dienone is 2. The Hall–Kier alpha value is -2.83. The van der Waals surface area contributed by atoms with Gasteiger partial charge in [0.15, 0.2) is 6.10 Å². The van der Waals surface area contributed by atoms with Crippen LogP contribution in [0.4, 0.5) is 0 Å². The number of ether oxygens (including phenoxy) is 1. The lowest BCUT2D eigenvalue weighted by Crippen LogP contribution is -2.51. The Morgan fingerprint density at radius 2 is 1.61 bits per heavy atom. The topological polar surface area (TPSA) is 105 Å². The van der Waals surface area contributed by atoms with Crippen molar-refractivity contribution < 1.29 is 24.2 Å². The van der Waals surface area contributed by atoms with Gasteiger partial charge in [0.25, 0.3) is 5.91 Å². The van der Waals surface area contributed by atoms with Crippen LogP contribution in [0.15, 0.2) is 29.3 Å². The fourth-order valence-corrected chi connectivity index (χ4v) is 3.19. The van der Waals surface area contributed by atoms with E-state index in [2.05, 4.69) is 10.9 Å². The van der Waals surface area contributed by atoms with Gasteiger partial charge in [-0.15, -0.1) is 0 Å². The fraction of sp³-hybridized carbons (Fsp3) is 0.476. The van der Waals surface area contributed by atoms with Crippen LogP contribution in [-0.4, -0.2) is 29.0 Å². The van der Waals surface area contributed by atoms with E-state index < -0.39 is 35.7 Å². The molecule has 0 bridgehead atoms. The van der Waals surface area contributed by atoms with Crippen LogP contribution in [0.2, 0.25) is 0 Å². The molecule has 0 saturated carbocycles. The molecule has 0 spiro atoms. The number of carboxylic acids is 1. The summed E-state index contributed by atoms with van der Waals surface area (Å²) in [5.41, 5.74) is 8.87. The van der Waals surface area contributed by atoms with Crippen LogP contribution >= 0.6 is 0 Å². The van der Waals surface area contributed by atoms with Crippen molar-refractivity contribution in [1.29, 1.82) is 0 Å². The summed E-state index contributed by atoms with van der Waals surface area (Å²) in [4.78, 5) is 36.2. The van der Waals surface area contributed by atoms with Crippen LogP contribution in [0.25, 0.3) is 0 Å². The summed E-state index contributed by atoms with van der Waals surface area (Å²) in [7, 11) is 0. The van der Waals surface area contributed by atoms with Crippen molar-refractivity contribution in [3.8, 4) is 5.75 Å². The predicted octanol–water partition coefficient (Wildman–Crippen LogP) is 2.67. The summed E-state index contributed by atoms with van der Waals surface area (Å²) < 4.78 is 5.62. The molecule has 7 heteroatoms. The number of rotatable bonds is 5. The molecule has 0 aromatic heterocycles. The van der Waals surface area contributed by atoms with Crippen molar-refractivity contribution in [3.63, 3.8) is 0 Å². The van der Waals surface area contributed by atoms with Gasteiger partial charge in [0, 0.05) is 0 Å². The molecule has 1 aliphatic rings. The lowest BCUT2D eigenvalue weighted by atomic mass is 9.76. The average molecular weight is 388 g/mol.